The standard InChI is InChI=1S/C15H13BrClN3O4/c1-24-14-7-10(20(22)23)3-5-13(14)19-15(21)8-18-12-4-2-9(16)6-11(12)17/h2-7,18H,8H2,1H3,(H,19,21). The van der Waals surface area contributed by atoms with E-state index < -0.39 is 4.92 Å². The van der Waals surface area contributed by atoms with E-state index in [0.29, 0.717) is 16.4 Å². The minimum Gasteiger partial charge on any atom is -0.494 e. The summed E-state index contributed by atoms with van der Waals surface area (Å²) in [7, 11) is 1.37. The predicted octanol–water partition coefficient (Wildman–Crippen LogP) is 4.07. The Labute approximate surface area is 151 Å². The second-order valence-corrected chi connectivity index (χ2v) is 5.99. The van der Waals surface area contributed by atoms with Gasteiger partial charge in [0.1, 0.15) is 5.75 Å². The van der Waals surface area contributed by atoms with E-state index in [1.165, 1.54) is 25.3 Å². The molecule has 0 aliphatic heterocycles. The summed E-state index contributed by atoms with van der Waals surface area (Å²) in [5, 5.41) is 16.8. The van der Waals surface area contributed by atoms with Gasteiger partial charge in [0.2, 0.25) is 5.91 Å². The van der Waals surface area contributed by atoms with Crippen molar-refractivity contribution in [2.24, 2.45) is 0 Å². The van der Waals surface area contributed by atoms with Crippen molar-refractivity contribution < 1.29 is 14.5 Å². The first-order valence-corrected chi connectivity index (χ1v) is 7.89. The van der Waals surface area contributed by atoms with Gasteiger partial charge in [-0.1, -0.05) is 27.5 Å². The van der Waals surface area contributed by atoms with E-state index in [-0.39, 0.29) is 23.9 Å². The molecule has 126 valence electrons. The first-order chi connectivity index (χ1) is 11.4. The topological polar surface area (TPSA) is 93.5 Å². The normalized spacial score (nSPS) is 10.1. The van der Waals surface area contributed by atoms with Crippen LogP contribution in [0.1, 0.15) is 0 Å². The monoisotopic (exact) mass is 413 g/mol. The van der Waals surface area contributed by atoms with E-state index >= 15 is 0 Å². The van der Waals surface area contributed by atoms with E-state index in [0.717, 1.165) is 4.47 Å². The Morgan fingerprint density at radius 3 is 2.62 bits per heavy atom. The molecule has 0 fully saturated rings. The Morgan fingerprint density at radius 1 is 1.29 bits per heavy atom. The van der Waals surface area contributed by atoms with Gasteiger partial charge in [0.25, 0.3) is 5.69 Å². The molecule has 0 aliphatic rings. The molecular weight excluding hydrogens is 402 g/mol. The summed E-state index contributed by atoms with van der Waals surface area (Å²) in [6, 6.07) is 9.20. The second kappa shape index (κ2) is 7.98. The molecule has 0 unspecified atom stereocenters. The number of nitrogens with one attached hydrogen (secondary N) is 2. The van der Waals surface area contributed by atoms with Gasteiger partial charge in [0.15, 0.2) is 0 Å². The SMILES string of the molecule is COc1cc([N+](=O)[O-])ccc1NC(=O)CNc1ccc(Br)cc1Cl. The third-order valence-corrected chi connectivity index (χ3v) is 3.85. The van der Waals surface area contributed by atoms with E-state index in [2.05, 4.69) is 26.6 Å². The molecule has 0 spiro atoms. The summed E-state index contributed by atoms with van der Waals surface area (Å²) >= 11 is 9.36. The van der Waals surface area contributed by atoms with Crippen molar-refractivity contribution in [2.75, 3.05) is 24.3 Å². The summed E-state index contributed by atoms with van der Waals surface area (Å²) in [5.41, 5.74) is 0.840. The molecule has 0 atom stereocenters. The van der Waals surface area contributed by atoms with Crippen LogP contribution < -0.4 is 15.4 Å². The maximum Gasteiger partial charge on any atom is 0.273 e. The maximum absolute atomic E-state index is 12.0. The molecule has 9 heteroatoms. The number of nitro groups is 1. The zero-order valence-electron chi connectivity index (χ0n) is 12.5. The number of nitrogens with zero attached hydrogens (tertiary/aromatic N) is 1. The van der Waals surface area contributed by atoms with Gasteiger partial charge in [-0.2, -0.15) is 0 Å². The molecule has 0 radical (unpaired) electrons. The number of halogens is 2. The molecule has 0 saturated carbocycles. The number of carbonyl (C=O) groups excluding carboxylic acids is 1. The van der Waals surface area contributed by atoms with Crippen molar-refractivity contribution in [3.8, 4) is 5.75 Å². The average Bonchev–Trinajstić information content (AvgIpc) is 2.54. The van der Waals surface area contributed by atoms with Crippen molar-refractivity contribution in [1.82, 2.24) is 0 Å². The third kappa shape index (κ3) is 4.59. The summed E-state index contributed by atoms with van der Waals surface area (Å²) < 4.78 is 5.90. The lowest BCUT2D eigenvalue weighted by atomic mass is 10.2. The van der Waals surface area contributed by atoms with E-state index in [1.807, 2.05) is 0 Å². The lowest BCUT2D eigenvalue weighted by Gasteiger charge is -2.11. The predicted molar refractivity (Wildman–Crippen MR) is 95.9 cm³/mol. The van der Waals surface area contributed by atoms with Gasteiger partial charge in [0.05, 0.1) is 41.0 Å². The number of methoxy groups -OCH3 is 1. The molecule has 7 nitrogen and oxygen atoms in total. The summed E-state index contributed by atoms with van der Waals surface area (Å²) in [5.74, 6) is -0.139. The highest BCUT2D eigenvalue weighted by Crippen LogP contribution is 2.29. The van der Waals surface area contributed by atoms with Crippen LogP contribution in [0.25, 0.3) is 0 Å². The van der Waals surface area contributed by atoms with Crippen molar-refractivity contribution in [3.05, 3.63) is 56.0 Å². The third-order valence-electron chi connectivity index (χ3n) is 3.04. The van der Waals surface area contributed by atoms with E-state index in [4.69, 9.17) is 16.3 Å². The fourth-order valence-electron chi connectivity index (χ4n) is 1.90. The molecule has 1 amide bonds. The van der Waals surface area contributed by atoms with Crippen LogP contribution in [0.2, 0.25) is 5.02 Å². The minimum atomic E-state index is -0.536. The Kier molecular flexibility index (Phi) is 5.99. The van der Waals surface area contributed by atoms with Crippen molar-refractivity contribution >= 4 is 50.5 Å². The Bertz CT molecular complexity index is 785. The first-order valence-electron chi connectivity index (χ1n) is 6.72. The highest BCUT2D eigenvalue weighted by atomic mass is 79.9. The molecule has 2 aromatic carbocycles. The number of non-ortho nitro benzene ring substituents is 1. The van der Waals surface area contributed by atoms with Gasteiger partial charge in [-0.15, -0.1) is 0 Å². The maximum atomic E-state index is 12.0. The molecule has 24 heavy (non-hydrogen) atoms. The molecule has 0 bridgehead atoms. The number of amides is 1. The van der Waals surface area contributed by atoms with Crippen LogP contribution in [-0.2, 0) is 4.79 Å². The van der Waals surface area contributed by atoms with Crippen LogP contribution in [0.15, 0.2) is 40.9 Å². The van der Waals surface area contributed by atoms with Gasteiger partial charge in [-0.25, -0.2) is 0 Å². The van der Waals surface area contributed by atoms with Crippen molar-refractivity contribution in [2.45, 2.75) is 0 Å². The van der Waals surface area contributed by atoms with Crippen LogP contribution in [0.5, 0.6) is 5.75 Å². The smallest absolute Gasteiger partial charge is 0.273 e. The van der Waals surface area contributed by atoms with Gasteiger partial charge in [-0.3, -0.25) is 14.9 Å². The lowest BCUT2D eigenvalue weighted by Crippen LogP contribution is -2.22. The Morgan fingerprint density at radius 2 is 2.00 bits per heavy atom. The zero-order chi connectivity index (χ0) is 17.7. The fraction of sp³-hybridized carbons (Fsp3) is 0.133. The lowest BCUT2D eigenvalue weighted by molar-refractivity contribution is -0.384. The zero-order valence-corrected chi connectivity index (χ0v) is 14.8. The number of benzene rings is 2. The number of hydrogen-bond acceptors (Lipinski definition) is 5. The number of hydrogen-bond donors (Lipinski definition) is 2. The van der Waals surface area contributed by atoms with Gasteiger partial charge in [0, 0.05) is 10.5 Å². The summed E-state index contributed by atoms with van der Waals surface area (Å²) in [6.45, 7) is -0.0263. The molecule has 2 aromatic rings. The van der Waals surface area contributed by atoms with Crippen LogP contribution in [0.4, 0.5) is 17.1 Å². The number of anilines is 2. The fourth-order valence-corrected chi connectivity index (χ4v) is 2.64. The van der Waals surface area contributed by atoms with Crippen molar-refractivity contribution in [3.63, 3.8) is 0 Å². The Balaban J connectivity index is 2.03. The van der Waals surface area contributed by atoms with Crippen molar-refractivity contribution in [1.29, 1.82) is 0 Å². The minimum absolute atomic E-state index is 0.0263. The molecule has 2 rings (SSSR count). The van der Waals surface area contributed by atoms with Crippen LogP contribution in [0.3, 0.4) is 0 Å². The average molecular weight is 415 g/mol. The molecule has 0 saturated heterocycles. The second-order valence-electron chi connectivity index (χ2n) is 4.67. The van der Waals surface area contributed by atoms with Gasteiger partial charge in [-0.05, 0) is 24.3 Å². The molecule has 0 heterocycles. The number of rotatable bonds is 6. The number of carbonyl (C=O) groups is 1. The highest BCUT2D eigenvalue weighted by molar-refractivity contribution is 9.10. The summed E-state index contributed by atoms with van der Waals surface area (Å²) in [6.07, 6.45) is 0. The number of nitro benzene ring substituents is 1. The largest absolute Gasteiger partial charge is 0.494 e. The van der Waals surface area contributed by atoms with E-state index in [1.54, 1.807) is 18.2 Å². The Hall–Kier alpha value is -2.32. The molecular formula is C15H13BrClN3O4. The van der Waals surface area contributed by atoms with Crippen LogP contribution in [-0.4, -0.2) is 24.5 Å². The van der Waals surface area contributed by atoms with E-state index in [9.17, 15) is 14.9 Å². The molecule has 2 N–H and O–H groups in total. The molecule has 0 aliphatic carbocycles. The van der Waals surface area contributed by atoms with Crippen LogP contribution >= 0.6 is 27.5 Å². The van der Waals surface area contributed by atoms with Crippen LogP contribution in [0, 0.1) is 10.1 Å². The van der Waals surface area contributed by atoms with Gasteiger partial charge < -0.3 is 15.4 Å². The molecule has 0 aromatic heterocycles. The highest BCUT2D eigenvalue weighted by Gasteiger charge is 2.13. The quantitative estimate of drug-likeness (QED) is 0.549. The van der Waals surface area contributed by atoms with Gasteiger partial charge >= 0.3 is 0 Å². The number of ether oxygens (including phenoxy) is 1. The summed E-state index contributed by atoms with van der Waals surface area (Å²) in [4.78, 5) is 22.3. The first kappa shape index (κ1) is 18.0.